The summed E-state index contributed by atoms with van der Waals surface area (Å²) in [7, 11) is 0. The third-order valence-corrected chi connectivity index (χ3v) is 19.1. The van der Waals surface area contributed by atoms with Crippen LogP contribution >= 0.6 is 23.4 Å². The number of carbonyl (C=O) groups excluding carboxylic acids is 6. The lowest BCUT2D eigenvalue weighted by Crippen LogP contribution is -2.58. The molecule has 3 N–H and O–H groups in total. The van der Waals surface area contributed by atoms with E-state index in [-0.39, 0.29) is 18.3 Å². The summed E-state index contributed by atoms with van der Waals surface area (Å²) in [4.78, 5) is 89.4. The number of carbonyl (C=O) groups is 6. The molecule has 0 radical (unpaired) electrons. The van der Waals surface area contributed by atoms with Gasteiger partial charge in [0.05, 0.1) is 17.6 Å². The normalized spacial score (nSPS) is 15.1. The van der Waals surface area contributed by atoms with E-state index in [1.165, 1.54) is 30.2 Å². The topological polar surface area (TPSA) is 175 Å². The minimum atomic E-state index is -1.80. The van der Waals surface area contributed by atoms with Gasteiger partial charge in [-0.25, -0.2) is 9.59 Å². The van der Waals surface area contributed by atoms with E-state index >= 15 is 14.4 Å². The van der Waals surface area contributed by atoms with Crippen molar-refractivity contribution >= 4 is 59.2 Å². The summed E-state index contributed by atoms with van der Waals surface area (Å²) < 4.78 is 23.6. The molecule has 8 aromatic rings. The number of hydrogen-bond acceptors (Lipinski definition) is 11. The Bertz CT molecular complexity index is 3770. The molecule has 94 heavy (non-hydrogen) atoms. The highest BCUT2D eigenvalue weighted by Crippen LogP contribution is 2.50. The summed E-state index contributed by atoms with van der Waals surface area (Å²) >= 11 is 8.71. The zero-order valence-electron chi connectivity index (χ0n) is 54.1. The van der Waals surface area contributed by atoms with E-state index in [0.29, 0.717) is 27.6 Å². The number of benzene rings is 8. The number of thioether (sulfide) groups is 1. The average Bonchev–Trinajstić information content (AvgIpc) is 0.808. The van der Waals surface area contributed by atoms with Crippen LogP contribution in [0.4, 0.5) is 4.79 Å². The van der Waals surface area contributed by atoms with Crippen molar-refractivity contribution in [2.24, 2.45) is 0 Å². The number of nitrogens with one attached hydrogen (secondary N) is 3. The van der Waals surface area contributed by atoms with Crippen molar-refractivity contribution in [1.82, 2.24) is 16.0 Å². The minimum absolute atomic E-state index is 0.117. The van der Waals surface area contributed by atoms with Gasteiger partial charge in [0, 0.05) is 33.4 Å². The number of halogens is 1. The van der Waals surface area contributed by atoms with Crippen molar-refractivity contribution in [3.05, 3.63) is 273 Å². The molecule has 0 spiro atoms. The van der Waals surface area contributed by atoms with Gasteiger partial charge < -0.3 is 34.9 Å². The molecule has 15 heteroatoms. The first-order valence-corrected chi connectivity index (χ1v) is 33.7. The van der Waals surface area contributed by atoms with Crippen LogP contribution < -0.4 is 16.0 Å². The molecule has 486 valence electrons. The van der Waals surface area contributed by atoms with Crippen molar-refractivity contribution in [2.75, 3.05) is 12.4 Å². The smallest absolute Gasteiger partial charge is 0.407 e. The molecule has 0 aromatic heterocycles. The Hall–Kier alpha value is -8.98. The van der Waals surface area contributed by atoms with Gasteiger partial charge in [-0.3, -0.25) is 19.2 Å². The van der Waals surface area contributed by atoms with E-state index in [0.717, 1.165) is 64.6 Å². The van der Waals surface area contributed by atoms with Crippen LogP contribution in [0.3, 0.4) is 0 Å². The minimum Gasteiger partial charge on any atom is -0.460 e. The Labute approximate surface area is 561 Å². The van der Waals surface area contributed by atoms with E-state index in [1.807, 2.05) is 194 Å². The van der Waals surface area contributed by atoms with E-state index in [9.17, 15) is 14.4 Å². The maximum absolute atomic E-state index is 16.4. The van der Waals surface area contributed by atoms with Gasteiger partial charge in [0.25, 0.3) is 0 Å². The molecule has 1 unspecified atom stereocenters. The Kier molecular flexibility index (Phi) is 22.0. The lowest BCUT2D eigenvalue weighted by molar-refractivity contribution is -0.159. The maximum atomic E-state index is 16.4. The number of esters is 3. The number of ether oxygens (including phenoxy) is 4. The molecule has 0 bridgehead atoms. The summed E-state index contributed by atoms with van der Waals surface area (Å²) in [5, 5.41) is 8.57. The number of amides is 3. The molecule has 0 saturated heterocycles. The second-order valence-electron chi connectivity index (χ2n) is 26.1. The van der Waals surface area contributed by atoms with Gasteiger partial charge in [0.15, 0.2) is 5.60 Å². The molecule has 8 aromatic carbocycles. The number of fused-ring (bicyclic) bond motifs is 3. The van der Waals surface area contributed by atoms with E-state index in [2.05, 4.69) is 28.1 Å². The van der Waals surface area contributed by atoms with E-state index in [4.69, 9.17) is 30.5 Å². The molecule has 0 heterocycles. The fourth-order valence-corrected chi connectivity index (χ4v) is 14.7. The zero-order chi connectivity index (χ0) is 66.5. The zero-order valence-corrected chi connectivity index (χ0v) is 55.7. The van der Waals surface area contributed by atoms with Gasteiger partial charge >= 0.3 is 24.0 Å². The van der Waals surface area contributed by atoms with Crippen molar-refractivity contribution in [3.63, 3.8) is 0 Å². The molecule has 13 nitrogen and oxygen atoms in total. The third kappa shape index (κ3) is 16.3. The van der Waals surface area contributed by atoms with Crippen LogP contribution in [0.5, 0.6) is 0 Å². The van der Waals surface area contributed by atoms with Crippen LogP contribution in [0, 0.1) is 0 Å². The fourth-order valence-electron chi connectivity index (χ4n) is 12.9. The second kappa shape index (κ2) is 30.4. The molecule has 0 aliphatic heterocycles. The van der Waals surface area contributed by atoms with Gasteiger partial charge in [-0.05, 0) is 111 Å². The molecule has 2 aliphatic rings. The largest absolute Gasteiger partial charge is 0.460 e. The predicted molar refractivity (Wildman–Crippen MR) is 369 cm³/mol. The molecule has 2 aliphatic carbocycles. The Balaban J connectivity index is 1.05. The lowest BCUT2D eigenvalue weighted by Gasteiger charge is -2.39. The van der Waals surface area contributed by atoms with Crippen molar-refractivity contribution < 1.29 is 47.7 Å². The fraction of sp³-hybridized carbons (Fsp3) is 0.316. The van der Waals surface area contributed by atoms with E-state index < -0.39 is 88.3 Å². The third-order valence-electron chi connectivity index (χ3n) is 17.1. The molecule has 4 atom stereocenters. The summed E-state index contributed by atoms with van der Waals surface area (Å²) in [5.41, 5.74) is 5.54. The molecule has 1 fully saturated rings. The van der Waals surface area contributed by atoms with Crippen molar-refractivity contribution in [1.29, 1.82) is 0 Å². The van der Waals surface area contributed by atoms with Crippen LogP contribution in [-0.2, 0) is 53.3 Å². The quantitative estimate of drug-likeness (QED) is 0.0240. The van der Waals surface area contributed by atoms with Gasteiger partial charge in [0.2, 0.25) is 11.8 Å². The second-order valence-corrected chi connectivity index (χ2v) is 27.7. The van der Waals surface area contributed by atoms with Crippen molar-refractivity contribution in [2.45, 2.75) is 144 Å². The number of rotatable bonds is 23. The van der Waals surface area contributed by atoms with Gasteiger partial charge in [-0.2, -0.15) is 0 Å². The Morgan fingerprint density at radius 3 is 1.36 bits per heavy atom. The Morgan fingerprint density at radius 1 is 0.468 bits per heavy atom. The SMILES string of the molecule is CC(C)(C)OC(=O)C[C@H](NC(=O)OCC1c2ccccc2-c2ccccc21)C(=O)N[C@@H](CC(=O)OC(C)(C)C)C(=O)N[C@@H](CSC(c1ccccc1)(c1ccccc1)c1ccccc1)C(=O)OC(c1ccccc1)(c1ccc(C2CCCCCC2)cc1)c1ccccc1Cl. The first-order chi connectivity index (χ1) is 45.2. The van der Waals surface area contributed by atoms with Crippen LogP contribution in [0.1, 0.15) is 155 Å². The Morgan fingerprint density at radius 2 is 0.883 bits per heavy atom. The summed E-state index contributed by atoms with van der Waals surface area (Å²) in [6.07, 6.45) is 4.29. The lowest BCUT2D eigenvalue weighted by atomic mass is 9.79. The van der Waals surface area contributed by atoms with Crippen molar-refractivity contribution in [3.8, 4) is 11.1 Å². The first kappa shape index (κ1) is 67.9. The molecule has 3 amide bonds. The summed E-state index contributed by atoms with van der Waals surface area (Å²) in [5.74, 6) is -4.80. The van der Waals surface area contributed by atoms with Crippen LogP contribution in [0.15, 0.2) is 218 Å². The number of alkyl carbamates (subject to hydrolysis) is 1. The molecular formula is C79H82ClN3O10S. The van der Waals surface area contributed by atoms with Gasteiger partial charge in [-0.1, -0.05) is 250 Å². The van der Waals surface area contributed by atoms with Gasteiger partial charge in [-0.15, -0.1) is 11.8 Å². The predicted octanol–water partition coefficient (Wildman–Crippen LogP) is 15.7. The average molecular weight is 1300 g/mol. The van der Waals surface area contributed by atoms with E-state index in [1.54, 1.807) is 53.7 Å². The number of hydrogen-bond donors (Lipinski definition) is 3. The van der Waals surface area contributed by atoms with Crippen LogP contribution in [0.2, 0.25) is 5.02 Å². The summed E-state index contributed by atoms with van der Waals surface area (Å²) in [6, 6.07) is 65.0. The highest BCUT2D eigenvalue weighted by Gasteiger charge is 2.46. The maximum Gasteiger partial charge on any atom is 0.407 e. The standard InChI is InChI=1S/C79H82ClN3O10S/c1-76(2,3)91-70(84)49-67(81-73(87)68(50-71(85)92-77(4,5)6)83-75(89)90-51-64-62-41-25-23-39-60(62)61-40-24-26-42-63(61)64)72(86)82-69(52-94-79(57-33-17-10-18-34-57,58-35-19-11-20-36-58)59-37-21-12-22-38-59)74(88)93-78(55-31-15-9-16-32-55,65-43-27-28-44-66(65)80)56-47-45-54(46-48-56)53-29-13-7-8-14-30-53/h9-12,15-28,31-48,53,64,67-69H,7-8,13-14,29-30,49-52H2,1-6H3,(H,81,87)(H,82,86)(H,83,89)/t67-,68-,69-,78?/m0/s1. The van der Waals surface area contributed by atoms with Gasteiger partial charge in [0.1, 0.15) is 35.9 Å². The molecular weight excluding hydrogens is 1220 g/mol. The molecule has 10 rings (SSSR count). The van der Waals surface area contributed by atoms with Crippen LogP contribution in [-0.4, -0.2) is 77.5 Å². The van der Waals surface area contributed by atoms with Crippen LogP contribution in [0.25, 0.3) is 11.1 Å². The monoisotopic (exact) mass is 1300 g/mol. The summed E-state index contributed by atoms with van der Waals surface area (Å²) in [6.45, 7) is 9.87. The highest BCUT2D eigenvalue weighted by molar-refractivity contribution is 8.00. The first-order valence-electron chi connectivity index (χ1n) is 32.3. The highest BCUT2D eigenvalue weighted by atomic mass is 35.5. The molecule has 1 saturated carbocycles.